The molecule has 1 amide bonds. The molecule has 0 bridgehead atoms. The lowest BCUT2D eigenvalue weighted by Crippen LogP contribution is -2.45. The topological polar surface area (TPSA) is 84.9 Å². The summed E-state index contributed by atoms with van der Waals surface area (Å²) in [5, 5.41) is 2.94. The summed E-state index contributed by atoms with van der Waals surface area (Å²) in [6.07, 6.45) is 1.42. The van der Waals surface area contributed by atoms with Crippen LogP contribution >= 0.6 is 0 Å². The molecule has 1 saturated heterocycles. The predicted molar refractivity (Wildman–Crippen MR) is 119 cm³/mol. The van der Waals surface area contributed by atoms with Crippen molar-refractivity contribution in [3.63, 3.8) is 0 Å². The average Bonchev–Trinajstić information content (AvgIpc) is 2.78. The molecule has 0 aromatic heterocycles. The number of methoxy groups -OCH3 is 1. The van der Waals surface area contributed by atoms with Crippen LogP contribution in [0.5, 0.6) is 11.5 Å². The van der Waals surface area contributed by atoms with Gasteiger partial charge in [0.15, 0.2) is 0 Å². The van der Waals surface area contributed by atoms with Crippen LogP contribution in [0.4, 0.5) is 0 Å². The van der Waals surface area contributed by atoms with Crippen molar-refractivity contribution in [2.24, 2.45) is 5.92 Å². The number of carbonyl (C=O) groups is 1. The number of nitrogens with zero attached hydrogens (tertiary/aromatic N) is 1. The first-order valence-electron chi connectivity index (χ1n) is 10.5. The molecular weight excluding hydrogens is 416 g/mol. The van der Waals surface area contributed by atoms with Crippen LogP contribution in [0, 0.1) is 5.92 Å². The van der Waals surface area contributed by atoms with Gasteiger partial charge in [0.25, 0.3) is 0 Å². The second kappa shape index (κ2) is 10.2. The molecule has 0 aliphatic carbocycles. The number of benzene rings is 2. The number of rotatable bonds is 8. The zero-order valence-electron chi connectivity index (χ0n) is 18.2. The third-order valence-electron chi connectivity index (χ3n) is 5.21. The van der Waals surface area contributed by atoms with Gasteiger partial charge in [0.1, 0.15) is 11.5 Å². The molecule has 7 nitrogen and oxygen atoms in total. The lowest BCUT2D eigenvalue weighted by molar-refractivity contribution is -0.126. The standard InChI is InChI=1S/C23H30N2O5S/c1-17(2)30-21-8-6-18(7-9-21)15-24-23(26)19-5-4-14-25(16-19)31(27,28)22-12-10-20(29-3)11-13-22/h6-13,17,19H,4-5,14-16H2,1-3H3,(H,24,26)/t19-/m0/s1. The van der Waals surface area contributed by atoms with E-state index in [2.05, 4.69) is 5.32 Å². The fraction of sp³-hybridized carbons (Fsp3) is 0.435. The van der Waals surface area contributed by atoms with Crippen molar-refractivity contribution in [3.8, 4) is 11.5 Å². The highest BCUT2D eigenvalue weighted by molar-refractivity contribution is 7.89. The predicted octanol–water partition coefficient (Wildman–Crippen LogP) is 3.20. The van der Waals surface area contributed by atoms with Gasteiger partial charge >= 0.3 is 0 Å². The minimum atomic E-state index is -3.65. The normalized spacial score (nSPS) is 17.4. The molecule has 1 atom stereocenters. The first-order chi connectivity index (χ1) is 14.8. The zero-order valence-corrected chi connectivity index (χ0v) is 19.0. The molecule has 1 fully saturated rings. The average molecular weight is 447 g/mol. The zero-order chi connectivity index (χ0) is 22.4. The lowest BCUT2D eigenvalue weighted by Gasteiger charge is -2.31. The maximum atomic E-state index is 13.0. The number of nitrogens with one attached hydrogen (secondary N) is 1. The van der Waals surface area contributed by atoms with Crippen LogP contribution in [-0.2, 0) is 21.4 Å². The van der Waals surface area contributed by atoms with Crippen molar-refractivity contribution in [3.05, 3.63) is 54.1 Å². The molecule has 31 heavy (non-hydrogen) atoms. The summed E-state index contributed by atoms with van der Waals surface area (Å²) in [6, 6.07) is 13.9. The van der Waals surface area contributed by atoms with Gasteiger partial charge < -0.3 is 14.8 Å². The van der Waals surface area contributed by atoms with Gasteiger partial charge in [0.05, 0.1) is 24.0 Å². The van der Waals surface area contributed by atoms with Crippen molar-refractivity contribution >= 4 is 15.9 Å². The van der Waals surface area contributed by atoms with Crippen LogP contribution in [0.25, 0.3) is 0 Å². The highest BCUT2D eigenvalue weighted by Crippen LogP contribution is 2.25. The van der Waals surface area contributed by atoms with Crippen LogP contribution in [0.2, 0.25) is 0 Å². The van der Waals surface area contributed by atoms with Gasteiger partial charge in [0.2, 0.25) is 15.9 Å². The summed E-state index contributed by atoms with van der Waals surface area (Å²) in [5.41, 5.74) is 0.961. The Hall–Kier alpha value is -2.58. The van der Waals surface area contributed by atoms with Gasteiger partial charge in [-0.2, -0.15) is 4.31 Å². The Bertz CT molecular complexity index is 972. The summed E-state index contributed by atoms with van der Waals surface area (Å²) >= 11 is 0. The molecule has 1 aliphatic heterocycles. The number of piperidine rings is 1. The second-order valence-electron chi connectivity index (χ2n) is 7.91. The smallest absolute Gasteiger partial charge is 0.243 e. The molecule has 0 spiro atoms. The third-order valence-corrected chi connectivity index (χ3v) is 7.09. The quantitative estimate of drug-likeness (QED) is 0.673. The van der Waals surface area contributed by atoms with E-state index in [4.69, 9.17) is 9.47 Å². The fourth-order valence-corrected chi connectivity index (χ4v) is 5.09. The Labute approximate surface area is 184 Å². The van der Waals surface area contributed by atoms with Crippen molar-refractivity contribution in [1.82, 2.24) is 9.62 Å². The lowest BCUT2D eigenvalue weighted by atomic mass is 9.99. The van der Waals surface area contributed by atoms with Gasteiger partial charge in [-0.1, -0.05) is 12.1 Å². The van der Waals surface area contributed by atoms with Crippen molar-refractivity contribution in [1.29, 1.82) is 0 Å². The van der Waals surface area contributed by atoms with E-state index in [-0.39, 0.29) is 29.4 Å². The number of amides is 1. The molecule has 0 radical (unpaired) electrons. The van der Waals surface area contributed by atoms with E-state index in [9.17, 15) is 13.2 Å². The van der Waals surface area contributed by atoms with Gasteiger partial charge in [-0.3, -0.25) is 4.79 Å². The summed E-state index contributed by atoms with van der Waals surface area (Å²) in [4.78, 5) is 12.9. The van der Waals surface area contributed by atoms with Gasteiger partial charge in [0, 0.05) is 19.6 Å². The van der Waals surface area contributed by atoms with Crippen molar-refractivity contribution < 1.29 is 22.7 Å². The Morgan fingerprint density at radius 2 is 1.74 bits per heavy atom. The van der Waals surface area contributed by atoms with E-state index in [0.717, 1.165) is 11.3 Å². The van der Waals surface area contributed by atoms with Crippen molar-refractivity contribution in [2.45, 2.75) is 44.2 Å². The van der Waals surface area contributed by atoms with Crippen LogP contribution in [0.3, 0.4) is 0 Å². The van der Waals surface area contributed by atoms with E-state index in [1.54, 1.807) is 12.1 Å². The highest BCUT2D eigenvalue weighted by Gasteiger charge is 2.33. The van der Waals surface area contributed by atoms with E-state index in [1.807, 2.05) is 38.1 Å². The maximum absolute atomic E-state index is 13.0. The summed E-state index contributed by atoms with van der Waals surface area (Å²) in [7, 11) is -2.12. The minimum Gasteiger partial charge on any atom is -0.497 e. The van der Waals surface area contributed by atoms with Crippen molar-refractivity contribution in [2.75, 3.05) is 20.2 Å². The molecule has 2 aromatic rings. The first kappa shape index (κ1) is 23.1. The highest BCUT2D eigenvalue weighted by atomic mass is 32.2. The van der Waals surface area contributed by atoms with Crippen LogP contribution in [0.1, 0.15) is 32.3 Å². The number of ether oxygens (including phenoxy) is 2. The maximum Gasteiger partial charge on any atom is 0.243 e. The molecule has 0 unspecified atom stereocenters. The van der Waals surface area contributed by atoms with E-state index < -0.39 is 10.0 Å². The van der Waals surface area contributed by atoms with Gasteiger partial charge in [-0.25, -0.2) is 8.42 Å². The molecule has 2 aromatic carbocycles. The molecule has 1 N–H and O–H groups in total. The molecule has 8 heteroatoms. The van der Waals surface area contributed by atoms with E-state index in [1.165, 1.54) is 23.5 Å². The number of hydrogen-bond donors (Lipinski definition) is 1. The Morgan fingerprint density at radius 3 is 2.35 bits per heavy atom. The molecule has 0 saturated carbocycles. The Balaban J connectivity index is 1.58. The molecular formula is C23H30N2O5S. The molecule has 1 aliphatic rings. The fourth-order valence-electron chi connectivity index (χ4n) is 3.56. The summed E-state index contributed by atoms with van der Waals surface area (Å²) in [6.45, 7) is 4.92. The first-order valence-corrected chi connectivity index (χ1v) is 11.9. The van der Waals surface area contributed by atoms with Gasteiger partial charge in [-0.05, 0) is 68.7 Å². The van der Waals surface area contributed by atoms with E-state index >= 15 is 0 Å². The SMILES string of the molecule is COc1ccc(S(=O)(=O)N2CCC[C@H](C(=O)NCc3ccc(OC(C)C)cc3)C2)cc1. The monoisotopic (exact) mass is 446 g/mol. The summed E-state index contributed by atoms with van der Waals surface area (Å²) in [5.74, 6) is 0.887. The van der Waals surface area contributed by atoms with Crippen LogP contribution in [-0.4, -0.2) is 44.9 Å². The molecule has 1 heterocycles. The molecule has 3 rings (SSSR count). The minimum absolute atomic E-state index is 0.106. The molecule has 168 valence electrons. The Morgan fingerprint density at radius 1 is 1.10 bits per heavy atom. The largest absolute Gasteiger partial charge is 0.497 e. The third kappa shape index (κ3) is 5.98. The number of carbonyl (C=O) groups excluding carboxylic acids is 1. The van der Waals surface area contributed by atoms with Crippen LogP contribution < -0.4 is 14.8 Å². The van der Waals surface area contributed by atoms with E-state index in [0.29, 0.717) is 31.7 Å². The van der Waals surface area contributed by atoms with Crippen LogP contribution in [0.15, 0.2) is 53.4 Å². The number of sulfonamides is 1. The number of hydrogen-bond acceptors (Lipinski definition) is 5. The Kier molecular flexibility index (Phi) is 7.56. The van der Waals surface area contributed by atoms with Gasteiger partial charge in [-0.15, -0.1) is 0 Å². The summed E-state index contributed by atoms with van der Waals surface area (Å²) < 4.78 is 38.1. The second-order valence-corrected chi connectivity index (χ2v) is 9.84.